The fourth-order valence-electron chi connectivity index (χ4n) is 1.25. The minimum Gasteiger partial charge on any atom is -0.469 e. The average Bonchev–Trinajstić information content (AvgIpc) is 2.27. The Kier molecular flexibility index (Phi) is 3.65. The summed E-state index contributed by atoms with van der Waals surface area (Å²) in [5.74, 6) is -0.941. The topological polar surface area (TPSA) is 46.5 Å². The van der Waals surface area contributed by atoms with Gasteiger partial charge < -0.3 is 9.84 Å². The Morgan fingerprint density at radius 2 is 1.93 bits per heavy atom. The highest BCUT2D eigenvalue weighted by molar-refractivity contribution is 5.72. The number of carbonyl (C=O) groups excluding carboxylic acids is 1. The van der Waals surface area contributed by atoms with Gasteiger partial charge in [-0.2, -0.15) is 0 Å². The lowest BCUT2D eigenvalue weighted by molar-refractivity contribution is -0.148. The predicted molar refractivity (Wildman–Crippen MR) is 52.6 cm³/mol. The number of methoxy groups -OCH3 is 1. The first-order valence-corrected chi connectivity index (χ1v) is 4.47. The van der Waals surface area contributed by atoms with Crippen LogP contribution >= 0.6 is 0 Å². The number of hydrogen-bond acceptors (Lipinski definition) is 3. The van der Waals surface area contributed by atoms with E-state index in [2.05, 4.69) is 4.74 Å². The Labute approximate surface area is 83.3 Å². The fourth-order valence-corrected chi connectivity index (χ4v) is 1.25. The summed E-state index contributed by atoms with van der Waals surface area (Å²) in [6.07, 6.45) is -0.802. The summed E-state index contributed by atoms with van der Waals surface area (Å²) in [6, 6.07) is 9.07. The zero-order valence-electron chi connectivity index (χ0n) is 8.31. The van der Waals surface area contributed by atoms with Crippen molar-refractivity contribution in [3.8, 4) is 0 Å². The van der Waals surface area contributed by atoms with E-state index >= 15 is 0 Å². The van der Waals surface area contributed by atoms with Gasteiger partial charge in [0.25, 0.3) is 0 Å². The van der Waals surface area contributed by atoms with Crippen LogP contribution in [0.25, 0.3) is 0 Å². The van der Waals surface area contributed by atoms with Crippen LogP contribution in [0.3, 0.4) is 0 Å². The van der Waals surface area contributed by atoms with Gasteiger partial charge in [-0.1, -0.05) is 30.3 Å². The van der Waals surface area contributed by atoms with E-state index in [1.54, 1.807) is 19.1 Å². The molecule has 3 heteroatoms. The molecule has 0 saturated heterocycles. The molecular weight excluding hydrogens is 180 g/mol. The lowest BCUT2D eigenvalue weighted by Crippen LogP contribution is -2.20. The molecule has 1 aromatic rings. The molecule has 0 spiro atoms. The summed E-state index contributed by atoms with van der Waals surface area (Å²) < 4.78 is 4.56. The van der Waals surface area contributed by atoms with Gasteiger partial charge >= 0.3 is 5.97 Å². The van der Waals surface area contributed by atoms with E-state index in [0.717, 1.165) is 5.56 Å². The molecule has 1 rings (SSSR count). The first-order valence-electron chi connectivity index (χ1n) is 4.47. The lowest BCUT2D eigenvalue weighted by atomic mass is 9.98. The second kappa shape index (κ2) is 4.77. The summed E-state index contributed by atoms with van der Waals surface area (Å²) in [5.41, 5.74) is 0.727. The van der Waals surface area contributed by atoms with Crippen molar-refractivity contribution in [2.24, 2.45) is 5.92 Å². The molecule has 2 atom stereocenters. The van der Waals surface area contributed by atoms with Gasteiger partial charge in [0.15, 0.2) is 0 Å². The van der Waals surface area contributed by atoms with Crippen molar-refractivity contribution >= 4 is 5.97 Å². The van der Waals surface area contributed by atoms with Crippen molar-refractivity contribution in [3.05, 3.63) is 35.9 Å². The van der Waals surface area contributed by atoms with Crippen molar-refractivity contribution in [2.75, 3.05) is 7.11 Å². The number of hydrogen-bond donors (Lipinski definition) is 1. The number of aliphatic hydroxyl groups excluding tert-OH is 1. The molecule has 3 nitrogen and oxygen atoms in total. The SMILES string of the molecule is COC(=O)[C@H](C)[C@@H](O)c1ccccc1. The van der Waals surface area contributed by atoms with Crippen LogP contribution < -0.4 is 0 Å². The zero-order valence-corrected chi connectivity index (χ0v) is 8.31. The van der Waals surface area contributed by atoms with Crippen LogP contribution in [0.5, 0.6) is 0 Å². The number of ether oxygens (including phenoxy) is 1. The number of benzene rings is 1. The van der Waals surface area contributed by atoms with E-state index in [-0.39, 0.29) is 0 Å². The van der Waals surface area contributed by atoms with Gasteiger partial charge in [0.05, 0.1) is 19.1 Å². The first-order chi connectivity index (χ1) is 6.66. The minimum atomic E-state index is -0.802. The molecule has 0 saturated carbocycles. The molecule has 0 heterocycles. The molecule has 0 bridgehead atoms. The molecule has 0 aliphatic rings. The number of aliphatic hydroxyl groups is 1. The third kappa shape index (κ3) is 2.33. The number of esters is 1. The van der Waals surface area contributed by atoms with Crippen LogP contribution in [-0.4, -0.2) is 18.2 Å². The van der Waals surface area contributed by atoms with E-state index < -0.39 is 18.0 Å². The molecule has 76 valence electrons. The van der Waals surface area contributed by atoms with Crippen LogP contribution in [0.15, 0.2) is 30.3 Å². The van der Waals surface area contributed by atoms with Gasteiger partial charge in [-0.15, -0.1) is 0 Å². The third-order valence-corrected chi connectivity index (χ3v) is 2.19. The van der Waals surface area contributed by atoms with E-state index in [9.17, 15) is 9.90 Å². The highest BCUT2D eigenvalue weighted by Gasteiger charge is 2.23. The molecule has 0 aromatic heterocycles. The van der Waals surface area contributed by atoms with Gasteiger partial charge in [-0.3, -0.25) is 4.79 Å². The molecule has 0 aliphatic carbocycles. The summed E-state index contributed by atoms with van der Waals surface area (Å²) in [5, 5.41) is 9.79. The third-order valence-electron chi connectivity index (χ3n) is 2.19. The summed E-state index contributed by atoms with van der Waals surface area (Å²) in [4.78, 5) is 11.1. The number of rotatable bonds is 3. The molecule has 1 aromatic carbocycles. The quantitative estimate of drug-likeness (QED) is 0.742. The normalized spacial score (nSPS) is 14.5. The number of carbonyl (C=O) groups is 1. The maximum absolute atomic E-state index is 11.1. The van der Waals surface area contributed by atoms with Crippen molar-refractivity contribution in [1.29, 1.82) is 0 Å². The summed E-state index contributed by atoms with van der Waals surface area (Å²) in [6.45, 7) is 1.64. The summed E-state index contributed by atoms with van der Waals surface area (Å²) in [7, 11) is 1.32. The second-order valence-corrected chi connectivity index (χ2v) is 3.17. The van der Waals surface area contributed by atoms with Crippen LogP contribution in [0.2, 0.25) is 0 Å². The molecule has 14 heavy (non-hydrogen) atoms. The van der Waals surface area contributed by atoms with E-state index in [4.69, 9.17) is 0 Å². The Balaban J connectivity index is 2.75. The Hall–Kier alpha value is -1.35. The van der Waals surface area contributed by atoms with Gasteiger partial charge in [-0.05, 0) is 12.5 Å². The highest BCUT2D eigenvalue weighted by atomic mass is 16.5. The monoisotopic (exact) mass is 194 g/mol. The van der Waals surface area contributed by atoms with Crippen LogP contribution in [0.4, 0.5) is 0 Å². The van der Waals surface area contributed by atoms with E-state index in [1.807, 2.05) is 18.2 Å². The average molecular weight is 194 g/mol. The Morgan fingerprint density at radius 3 is 2.43 bits per heavy atom. The highest BCUT2D eigenvalue weighted by Crippen LogP contribution is 2.21. The molecule has 0 unspecified atom stereocenters. The zero-order chi connectivity index (χ0) is 10.6. The minimum absolute atomic E-state index is 0.402. The first kappa shape index (κ1) is 10.7. The van der Waals surface area contributed by atoms with E-state index in [1.165, 1.54) is 7.11 Å². The predicted octanol–water partition coefficient (Wildman–Crippen LogP) is 1.53. The van der Waals surface area contributed by atoms with Crippen molar-refractivity contribution in [1.82, 2.24) is 0 Å². The lowest BCUT2D eigenvalue weighted by Gasteiger charge is -2.16. The van der Waals surface area contributed by atoms with Crippen LogP contribution in [0, 0.1) is 5.92 Å². The molecule has 0 amide bonds. The smallest absolute Gasteiger partial charge is 0.311 e. The molecular formula is C11H14O3. The molecule has 1 N–H and O–H groups in total. The molecule has 0 radical (unpaired) electrons. The Bertz CT molecular complexity index is 295. The second-order valence-electron chi connectivity index (χ2n) is 3.17. The van der Waals surface area contributed by atoms with Gasteiger partial charge in [-0.25, -0.2) is 0 Å². The molecule has 0 aliphatic heterocycles. The maximum Gasteiger partial charge on any atom is 0.311 e. The van der Waals surface area contributed by atoms with Crippen LogP contribution in [0.1, 0.15) is 18.6 Å². The van der Waals surface area contributed by atoms with Gasteiger partial charge in [0, 0.05) is 0 Å². The standard InChI is InChI=1S/C11H14O3/c1-8(11(13)14-2)10(12)9-6-4-3-5-7-9/h3-8,10,12H,1-2H3/t8-,10-/m1/s1. The maximum atomic E-state index is 11.1. The Morgan fingerprint density at radius 1 is 1.36 bits per heavy atom. The van der Waals surface area contributed by atoms with E-state index in [0.29, 0.717) is 0 Å². The van der Waals surface area contributed by atoms with Crippen molar-refractivity contribution in [2.45, 2.75) is 13.0 Å². The summed E-state index contributed by atoms with van der Waals surface area (Å²) >= 11 is 0. The van der Waals surface area contributed by atoms with Crippen molar-refractivity contribution < 1.29 is 14.6 Å². The van der Waals surface area contributed by atoms with Crippen molar-refractivity contribution in [3.63, 3.8) is 0 Å². The van der Waals surface area contributed by atoms with Gasteiger partial charge in [0.1, 0.15) is 0 Å². The van der Waals surface area contributed by atoms with Gasteiger partial charge in [0.2, 0.25) is 0 Å². The largest absolute Gasteiger partial charge is 0.469 e. The molecule has 0 fully saturated rings. The van der Waals surface area contributed by atoms with Crippen LogP contribution in [-0.2, 0) is 9.53 Å². The fraction of sp³-hybridized carbons (Fsp3) is 0.364.